The van der Waals surface area contributed by atoms with Crippen LogP contribution in [0.4, 0.5) is 0 Å². The molecule has 2 bridgehead atoms. The van der Waals surface area contributed by atoms with Crippen molar-refractivity contribution in [3.8, 4) is 11.5 Å². The minimum atomic E-state index is 0. The fraction of sp³-hybridized carbons (Fsp3) is 0.611. The van der Waals surface area contributed by atoms with E-state index < -0.39 is 0 Å². The zero-order valence-electron chi connectivity index (χ0n) is 14.6. The van der Waals surface area contributed by atoms with Crippen LogP contribution in [-0.4, -0.2) is 50.2 Å². The molecule has 2 aliphatic heterocycles. The minimum absolute atomic E-state index is 0. The van der Waals surface area contributed by atoms with Gasteiger partial charge in [0.15, 0.2) is 0 Å². The molecule has 2 aliphatic rings. The molecule has 0 aliphatic carbocycles. The smallest absolute Gasteiger partial charge is 0.227 e. The number of carbonyl (C=O) groups excluding carboxylic acids is 1. The van der Waals surface area contributed by atoms with Crippen LogP contribution in [0.15, 0.2) is 18.2 Å². The third-order valence-electron chi connectivity index (χ3n) is 5.25. The molecule has 3 rings (SSSR count). The van der Waals surface area contributed by atoms with Crippen molar-refractivity contribution < 1.29 is 14.3 Å². The molecule has 0 spiro atoms. The second-order valence-corrected chi connectivity index (χ2v) is 6.59. The van der Waals surface area contributed by atoms with Gasteiger partial charge in [0.1, 0.15) is 11.5 Å². The van der Waals surface area contributed by atoms with Crippen molar-refractivity contribution in [2.24, 2.45) is 0 Å². The number of likely N-dealkylation sites (N-methyl/N-ethyl adjacent to an activating group) is 1. The minimum Gasteiger partial charge on any atom is -0.496 e. The summed E-state index contributed by atoms with van der Waals surface area (Å²) in [4.78, 5) is 14.7. The molecule has 5 nitrogen and oxygen atoms in total. The maximum absolute atomic E-state index is 12.8. The molecular weight excluding hydrogens is 328 g/mol. The van der Waals surface area contributed by atoms with E-state index in [2.05, 4.69) is 5.32 Å². The van der Waals surface area contributed by atoms with Gasteiger partial charge in [0.25, 0.3) is 0 Å². The van der Waals surface area contributed by atoms with Crippen LogP contribution in [0.3, 0.4) is 0 Å². The van der Waals surface area contributed by atoms with E-state index in [0.29, 0.717) is 36.0 Å². The highest BCUT2D eigenvalue weighted by Gasteiger charge is 2.36. The first-order chi connectivity index (χ1) is 11.1. The average Bonchev–Trinajstić information content (AvgIpc) is 2.92. The molecule has 134 valence electrons. The number of halogens is 1. The normalized spacial score (nSPS) is 24.9. The molecule has 0 radical (unpaired) electrons. The second-order valence-electron chi connectivity index (χ2n) is 6.59. The van der Waals surface area contributed by atoms with Crippen LogP contribution in [0, 0.1) is 0 Å². The Kier molecular flexibility index (Phi) is 6.35. The highest BCUT2D eigenvalue weighted by molar-refractivity contribution is 5.85. The van der Waals surface area contributed by atoms with Gasteiger partial charge in [-0.2, -0.15) is 0 Å². The van der Waals surface area contributed by atoms with E-state index in [1.807, 2.05) is 30.1 Å². The Labute approximate surface area is 150 Å². The van der Waals surface area contributed by atoms with Crippen LogP contribution < -0.4 is 14.8 Å². The summed E-state index contributed by atoms with van der Waals surface area (Å²) in [6.45, 7) is 0. The Bertz CT molecular complexity index is 547. The molecule has 1 aromatic rings. The predicted octanol–water partition coefficient (Wildman–Crippen LogP) is 2.41. The number of methoxy groups -OCH3 is 2. The zero-order valence-corrected chi connectivity index (χ0v) is 15.4. The van der Waals surface area contributed by atoms with Gasteiger partial charge in [-0.25, -0.2) is 0 Å². The number of ether oxygens (including phenoxy) is 2. The number of hydrogen-bond donors (Lipinski definition) is 1. The molecule has 2 fully saturated rings. The summed E-state index contributed by atoms with van der Waals surface area (Å²) in [5.41, 5.74) is 0.825. The molecule has 1 aromatic carbocycles. The number of nitrogens with zero attached hydrogens (tertiary/aromatic N) is 1. The first-order valence-electron chi connectivity index (χ1n) is 8.34. The monoisotopic (exact) mass is 354 g/mol. The zero-order chi connectivity index (χ0) is 16.4. The van der Waals surface area contributed by atoms with Gasteiger partial charge >= 0.3 is 0 Å². The van der Waals surface area contributed by atoms with Gasteiger partial charge in [-0.05, 0) is 37.8 Å². The number of benzene rings is 1. The summed E-state index contributed by atoms with van der Waals surface area (Å²) in [5, 5.41) is 3.62. The summed E-state index contributed by atoms with van der Waals surface area (Å²) in [6, 6.07) is 7.11. The van der Waals surface area contributed by atoms with Gasteiger partial charge < -0.3 is 19.7 Å². The van der Waals surface area contributed by atoms with E-state index in [9.17, 15) is 4.79 Å². The fourth-order valence-electron chi connectivity index (χ4n) is 3.93. The molecule has 2 unspecified atom stereocenters. The molecule has 1 N–H and O–H groups in total. The third-order valence-corrected chi connectivity index (χ3v) is 5.25. The van der Waals surface area contributed by atoms with Gasteiger partial charge in [-0.3, -0.25) is 4.79 Å². The van der Waals surface area contributed by atoms with Crippen molar-refractivity contribution in [2.45, 2.75) is 50.2 Å². The molecule has 2 saturated heterocycles. The van der Waals surface area contributed by atoms with Crippen molar-refractivity contribution in [2.75, 3.05) is 21.3 Å². The van der Waals surface area contributed by atoms with Gasteiger partial charge in [0.2, 0.25) is 5.91 Å². The first-order valence-corrected chi connectivity index (χ1v) is 8.34. The van der Waals surface area contributed by atoms with E-state index in [1.165, 1.54) is 12.8 Å². The van der Waals surface area contributed by atoms with E-state index in [1.54, 1.807) is 14.2 Å². The maximum Gasteiger partial charge on any atom is 0.227 e. The molecule has 6 heteroatoms. The standard InChI is InChI=1S/C18H26N2O3.ClH/c1-20(14-9-12-7-8-13(10-14)19-12)18(21)11-15-16(22-2)5-4-6-17(15)23-3;/h4-6,12-14,19H,7-11H2,1-3H3;1H. The van der Waals surface area contributed by atoms with Crippen LogP contribution in [0.2, 0.25) is 0 Å². The number of hydrogen-bond acceptors (Lipinski definition) is 4. The first kappa shape index (κ1) is 18.9. The van der Waals surface area contributed by atoms with E-state index >= 15 is 0 Å². The fourth-order valence-corrected chi connectivity index (χ4v) is 3.93. The Morgan fingerprint density at radius 3 is 2.21 bits per heavy atom. The van der Waals surface area contributed by atoms with Gasteiger partial charge in [-0.1, -0.05) is 6.07 Å². The van der Waals surface area contributed by atoms with Crippen molar-refractivity contribution in [1.82, 2.24) is 10.2 Å². The van der Waals surface area contributed by atoms with Crippen LogP contribution in [-0.2, 0) is 11.2 Å². The maximum atomic E-state index is 12.8. The third kappa shape index (κ3) is 3.78. The second kappa shape index (κ2) is 8.08. The van der Waals surface area contributed by atoms with Crippen molar-refractivity contribution in [3.05, 3.63) is 23.8 Å². The number of fused-ring (bicyclic) bond motifs is 2. The Balaban J connectivity index is 0.00000208. The summed E-state index contributed by atoms with van der Waals surface area (Å²) in [6.07, 6.45) is 4.90. The van der Waals surface area contributed by atoms with Gasteiger partial charge in [0.05, 0.1) is 20.6 Å². The lowest BCUT2D eigenvalue weighted by Crippen LogP contribution is -2.49. The quantitative estimate of drug-likeness (QED) is 0.882. The van der Waals surface area contributed by atoms with Crippen molar-refractivity contribution in [3.63, 3.8) is 0 Å². The largest absolute Gasteiger partial charge is 0.496 e. The summed E-state index contributed by atoms with van der Waals surface area (Å²) in [7, 11) is 5.17. The van der Waals surface area contributed by atoms with Crippen LogP contribution in [0.25, 0.3) is 0 Å². The Morgan fingerprint density at radius 2 is 1.71 bits per heavy atom. The van der Waals surface area contributed by atoms with Gasteiger partial charge in [-0.15, -0.1) is 12.4 Å². The molecule has 0 saturated carbocycles. The summed E-state index contributed by atoms with van der Waals surface area (Å²) < 4.78 is 10.8. The molecule has 2 atom stereocenters. The molecule has 0 aromatic heterocycles. The van der Waals surface area contributed by atoms with Crippen molar-refractivity contribution in [1.29, 1.82) is 0 Å². The van der Waals surface area contributed by atoms with Crippen LogP contribution in [0.5, 0.6) is 11.5 Å². The number of carbonyl (C=O) groups is 1. The Hall–Kier alpha value is -1.46. The topological polar surface area (TPSA) is 50.8 Å². The van der Waals surface area contributed by atoms with E-state index in [-0.39, 0.29) is 18.3 Å². The van der Waals surface area contributed by atoms with Crippen LogP contribution in [0.1, 0.15) is 31.2 Å². The molecule has 2 heterocycles. The molecular formula is C18H27ClN2O3. The lowest BCUT2D eigenvalue weighted by Gasteiger charge is -2.35. The predicted molar refractivity (Wildman–Crippen MR) is 96.2 cm³/mol. The molecule has 1 amide bonds. The van der Waals surface area contributed by atoms with Gasteiger partial charge in [0, 0.05) is 30.7 Å². The lowest BCUT2D eigenvalue weighted by atomic mass is 9.98. The summed E-state index contributed by atoms with van der Waals surface area (Å²) in [5.74, 6) is 1.53. The number of piperidine rings is 1. The highest BCUT2D eigenvalue weighted by Crippen LogP contribution is 2.32. The van der Waals surface area contributed by atoms with E-state index in [0.717, 1.165) is 18.4 Å². The lowest BCUT2D eigenvalue weighted by molar-refractivity contribution is -0.132. The number of amides is 1. The summed E-state index contributed by atoms with van der Waals surface area (Å²) >= 11 is 0. The highest BCUT2D eigenvalue weighted by atomic mass is 35.5. The van der Waals surface area contributed by atoms with Crippen molar-refractivity contribution >= 4 is 18.3 Å². The SMILES string of the molecule is COc1cccc(OC)c1CC(=O)N(C)C1CC2CCC(C1)N2.Cl. The number of rotatable bonds is 5. The van der Waals surface area contributed by atoms with E-state index in [4.69, 9.17) is 9.47 Å². The number of nitrogens with one attached hydrogen (secondary N) is 1. The molecule has 24 heavy (non-hydrogen) atoms. The van der Waals surface area contributed by atoms with Crippen LogP contribution >= 0.6 is 12.4 Å². The Morgan fingerprint density at radius 1 is 1.17 bits per heavy atom. The average molecular weight is 355 g/mol.